The molecule has 3 aromatic rings. The number of fused-ring (bicyclic) bond motifs is 1. The predicted molar refractivity (Wildman–Crippen MR) is 101 cm³/mol. The molecule has 7 nitrogen and oxygen atoms in total. The number of amides is 2. The first kappa shape index (κ1) is 17.6. The fraction of sp³-hybridized carbons (Fsp3) is 0.316. The molecule has 2 amide bonds. The molecule has 0 radical (unpaired) electrons. The van der Waals surface area contributed by atoms with Crippen LogP contribution in [0.4, 0.5) is 0 Å². The van der Waals surface area contributed by atoms with Crippen LogP contribution in [-0.4, -0.2) is 57.6 Å². The van der Waals surface area contributed by atoms with Gasteiger partial charge < -0.3 is 14.2 Å². The number of rotatable bonds is 4. The van der Waals surface area contributed by atoms with E-state index in [4.69, 9.17) is 16.0 Å². The lowest BCUT2D eigenvalue weighted by molar-refractivity contribution is -0.132. The number of hydrogen-bond acceptors (Lipinski definition) is 4. The van der Waals surface area contributed by atoms with Crippen molar-refractivity contribution in [3.05, 3.63) is 53.6 Å². The van der Waals surface area contributed by atoms with Crippen molar-refractivity contribution in [3.8, 4) is 0 Å². The molecule has 2 aromatic heterocycles. The minimum atomic E-state index is -0.132. The van der Waals surface area contributed by atoms with Gasteiger partial charge in [0.15, 0.2) is 5.76 Å². The number of halogens is 1. The van der Waals surface area contributed by atoms with Crippen molar-refractivity contribution in [3.63, 3.8) is 0 Å². The third kappa shape index (κ3) is 3.68. The van der Waals surface area contributed by atoms with E-state index in [-0.39, 0.29) is 11.8 Å². The predicted octanol–water partition coefficient (Wildman–Crippen LogP) is 2.66. The molecule has 0 atom stereocenters. The largest absolute Gasteiger partial charge is 0.459 e. The van der Waals surface area contributed by atoms with E-state index in [2.05, 4.69) is 5.10 Å². The summed E-state index contributed by atoms with van der Waals surface area (Å²) >= 11 is 6.05. The van der Waals surface area contributed by atoms with Crippen LogP contribution in [0.15, 0.2) is 47.2 Å². The molecule has 0 spiro atoms. The van der Waals surface area contributed by atoms with Crippen LogP contribution in [0, 0.1) is 0 Å². The van der Waals surface area contributed by atoms with Crippen molar-refractivity contribution in [2.24, 2.45) is 0 Å². The number of carbonyl (C=O) groups excluding carboxylic acids is 2. The second-order valence-electron chi connectivity index (χ2n) is 6.47. The van der Waals surface area contributed by atoms with Crippen LogP contribution in [0.2, 0.25) is 5.02 Å². The Morgan fingerprint density at radius 1 is 1.11 bits per heavy atom. The molecule has 0 saturated carbocycles. The number of benzene rings is 1. The summed E-state index contributed by atoms with van der Waals surface area (Å²) in [6.07, 6.45) is 3.61. The monoisotopic (exact) mass is 386 g/mol. The number of carbonyl (C=O) groups is 2. The van der Waals surface area contributed by atoms with Gasteiger partial charge in [-0.15, -0.1) is 0 Å². The standard InChI is InChI=1S/C19H19ClN4O3/c20-15-4-3-14-13-21-24(16(14)12-15)6-5-18(25)22-7-9-23(10-8-22)19(26)17-2-1-11-27-17/h1-4,11-13H,5-10H2. The van der Waals surface area contributed by atoms with Gasteiger partial charge in [-0.1, -0.05) is 11.6 Å². The lowest BCUT2D eigenvalue weighted by Crippen LogP contribution is -2.50. The first-order valence-corrected chi connectivity index (χ1v) is 9.21. The molecule has 1 aliphatic heterocycles. The van der Waals surface area contributed by atoms with Crippen molar-refractivity contribution < 1.29 is 14.0 Å². The maximum Gasteiger partial charge on any atom is 0.289 e. The van der Waals surface area contributed by atoms with E-state index in [0.717, 1.165) is 10.9 Å². The number of aryl methyl sites for hydroxylation is 1. The molecule has 3 heterocycles. The van der Waals surface area contributed by atoms with Crippen molar-refractivity contribution in [2.45, 2.75) is 13.0 Å². The van der Waals surface area contributed by atoms with Gasteiger partial charge >= 0.3 is 0 Å². The minimum absolute atomic E-state index is 0.0609. The number of furan rings is 1. The van der Waals surface area contributed by atoms with Gasteiger partial charge in [-0.2, -0.15) is 5.10 Å². The lowest BCUT2D eigenvalue weighted by atomic mass is 10.2. The molecule has 1 aromatic carbocycles. The first-order valence-electron chi connectivity index (χ1n) is 8.83. The number of aromatic nitrogens is 2. The minimum Gasteiger partial charge on any atom is -0.459 e. The number of nitrogens with zero attached hydrogens (tertiary/aromatic N) is 4. The fourth-order valence-corrected chi connectivity index (χ4v) is 3.46. The molecule has 1 saturated heterocycles. The van der Waals surface area contributed by atoms with E-state index < -0.39 is 0 Å². The molecule has 27 heavy (non-hydrogen) atoms. The van der Waals surface area contributed by atoms with Crippen LogP contribution < -0.4 is 0 Å². The Labute approximate surface area is 161 Å². The Balaban J connectivity index is 1.32. The zero-order valence-corrected chi connectivity index (χ0v) is 15.4. The smallest absolute Gasteiger partial charge is 0.289 e. The Kier molecular flexibility index (Phi) is 4.85. The van der Waals surface area contributed by atoms with E-state index in [9.17, 15) is 9.59 Å². The molecule has 1 fully saturated rings. The highest BCUT2D eigenvalue weighted by Gasteiger charge is 2.25. The first-order chi connectivity index (χ1) is 13.1. The van der Waals surface area contributed by atoms with Crippen molar-refractivity contribution in [1.82, 2.24) is 19.6 Å². The highest BCUT2D eigenvalue weighted by Crippen LogP contribution is 2.19. The zero-order chi connectivity index (χ0) is 18.8. The molecule has 0 aliphatic carbocycles. The third-order valence-electron chi connectivity index (χ3n) is 4.80. The number of piperazine rings is 1. The summed E-state index contributed by atoms with van der Waals surface area (Å²) < 4.78 is 6.96. The van der Waals surface area contributed by atoms with E-state index in [1.165, 1.54) is 6.26 Å². The van der Waals surface area contributed by atoms with Crippen LogP contribution in [0.5, 0.6) is 0 Å². The Hall–Kier alpha value is -2.80. The molecule has 8 heteroatoms. The summed E-state index contributed by atoms with van der Waals surface area (Å²) in [6.45, 7) is 2.55. The Morgan fingerprint density at radius 2 is 1.89 bits per heavy atom. The summed E-state index contributed by atoms with van der Waals surface area (Å²) in [5, 5.41) is 5.98. The van der Waals surface area contributed by atoms with Crippen LogP contribution >= 0.6 is 11.6 Å². The average molecular weight is 387 g/mol. The van der Waals surface area contributed by atoms with Gasteiger partial charge in [0.1, 0.15) is 0 Å². The molecular weight excluding hydrogens is 368 g/mol. The van der Waals surface area contributed by atoms with Crippen LogP contribution in [-0.2, 0) is 11.3 Å². The van der Waals surface area contributed by atoms with Gasteiger partial charge in [-0.05, 0) is 30.3 Å². The molecule has 1 aliphatic rings. The highest BCUT2D eigenvalue weighted by atomic mass is 35.5. The van der Waals surface area contributed by atoms with Crippen molar-refractivity contribution >= 4 is 34.3 Å². The maximum absolute atomic E-state index is 12.5. The second-order valence-corrected chi connectivity index (χ2v) is 6.91. The summed E-state index contributed by atoms with van der Waals surface area (Å²) in [4.78, 5) is 28.3. The SMILES string of the molecule is O=C(CCn1ncc2ccc(Cl)cc21)N1CCN(C(=O)c2ccco2)CC1. The van der Waals surface area contributed by atoms with Crippen LogP contribution in [0.1, 0.15) is 17.0 Å². The van der Waals surface area contributed by atoms with E-state index in [0.29, 0.717) is 49.9 Å². The van der Waals surface area contributed by atoms with Crippen molar-refractivity contribution in [1.29, 1.82) is 0 Å². The normalized spacial score (nSPS) is 14.7. The summed E-state index contributed by atoms with van der Waals surface area (Å²) in [6, 6.07) is 8.94. The topological polar surface area (TPSA) is 71.6 Å². The quantitative estimate of drug-likeness (QED) is 0.691. The fourth-order valence-electron chi connectivity index (χ4n) is 3.30. The Morgan fingerprint density at radius 3 is 2.63 bits per heavy atom. The van der Waals surface area contributed by atoms with Gasteiger partial charge in [0, 0.05) is 43.0 Å². The van der Waals surface area contributed by atoms with Gasteiger partial charge in [0.25, 0.3) is 5.91 Å². The molecule has 0 bridgehead atoms. The molecule has 4 rings (SSSR count). The van der Waals surface area contributed by atoms with Gasteiger partial charge in [-0.3, -0.25) is 14.3 Å². The molecule has 0 unspecified atom stereocenters. The van der Waals surface area contributed by atoms with Gasteiger partial charge in [0.05, 0.1) is 24.5 Å². The summed E-state index contributed by atoms with van der Waals surface area (Å²) in [5.41, 5.74) is 0.921. The second kappa shape index (κ2) is 7.44. The van der Waals surface area contributed by atoms with E-state index in [1.54, 1.807) is 32.8 Å². The van der Waals surface area contributed by atoms with Crippen molar-refractivity contribution in [2.75, 3.05) is 26.2 Å². The number of hydrogen-bond donors (Lipinski definition) is 0. The third-order valence-corrected chi connectivity index (χ3v) is 5.03. The summed E-state index contributed by atoms with van der Waals surface area (Å²) in [7, 11) is 0. The van der Waals surface area contributed by atoms with E-state index in [1.807, 2.05) is 18.2 Å². The zero-order valence-electron chi connectivity index (χ0n) is 14.7. The van der Waals surface area contributed by atoms with E-state index >= 15 is 0 Å². The lowest BCUT2D eigenvalue weighted by Gasteiger charge is -2.34. The summed E-state index contributed by atoms with van der Waals surface area (Å²) in [5.74, 6) is 0.261. The molecule has 140 valence electrons. The maximum atomic E-state index is 12.5. The van der Waals surface area contributed by atoms with Gasteiger partial charge in [0.2, 0.25) is 5.91 Å². The molecular formula is C19H19ClN4O3. The molecule has 0 N–H and O–H groups in total. The average Bonchev–Trinajstić information content (AvgIpc) is 3.35. The van der Waals surface area contributed by atoms with Gasteiger partial charge in [-0.25, -0.2) is 0 Å². The highest BCUT2D eigenvalue weighted by molar-refractivity contribution is 6.31. The van der Waals surface area contributed by atoms with Crippen LogP contribution in [0.25, 0.3) is 10.9 Å². The Bertz CT molecular complexity index is 959. The van der Waals surface area contributed by atoms with Crippen LogP contribution in [0.3, 0.4) is 0 Å².